The minimum absolute atomic E-state index is 0.493. The predicted molar refractivity (Wildman–Crippen MR) is 70.4 cm³/mol. The normalized spacial score (nSPS) is 20.2. The molecule has 1 atom stereocenters. The molecule has 1 aliphatic heterocycles. The van der Waals surface area contributed by atoms with Crippen LogP contribution in [0.3, 0.4) is 0 Å². The molecule has 102 valence electrons. The predicted octanol–water partition coefficient (Wildman–Crippen LogP) is 1.75. The maximum atomic E-state index is 5.33. The second-order valence-corrected chi connectivity index (χ2v) is 5.12. The van der Waals surface area contributed by atoms with E-state index in [1.807, 2.05) is 18.5 Å². The van der Waals surface area contributed by atoms with Gasteiger partial charge in [0.05, 0.1) is 25.7 Å². The first-order valence-corrected chi connectivity index (χ1v) is 6.57. The van der Waals surface area contributed by atoms with Crippen LogP contribution in [-0.2, 0) is 24.4 Å². The molecule has 5 nitrogen and oxygen atoms in total. The molecule has 0 spiro atoms. The molecule has 1 aliphatic rings. The molecular formula is C14H19N3O2. The molecule has 0 aromatic carbocycles. The van der Waals surface area contributed by atoms with Crippen molar-refractivity contribution in [1.29, 1.82) is 0 Å². The number of hydrogen-bond acceptors (Lipinski definition) is 4. The van der Waals surface area contributed by atoms with E-state index < -0.39 is 0 Å². The number of methoxy groups -OCH3 is 1. The Bertz CT molecular complexity index is 507. The van der Waals surface area contributed by atoms with Gasteiger partial charge in [-0.1, -0.05) is 0 Å². The molecule has 0 amide bonds. The lowest BCUT2D eigenvalue weighted by atomic mass is 10.1. The van der Waals surface area contributed by atoms with Crippen molar-refractivity contribution >= 4 is 0 Å². The van der Waals surface area contributed by atoms with E-state index in [0.29, 0.717) is 5.92 Å². The van der Waals surface area contributed by atoms with Crippen molar-refractivity contribution in [3.8, 4) is 0 Å². The first-order chi connectivity index (χ1) is 9.35. The van der Waals surface area contributed by atoms with E-state index in [9.17, 15) is 0 Å². The number of rotatable bonds is 4. The molecule has 0 saturated carbocycles. The smallest absolute Gasteiger partial charge is 0.122 e. The van der Waals surface area contributed by atoms with Crippen molar-refractivity contribution in [3.63, 3.8) is 0 Å². The van der Waals surface area contributed by atoms with Crippen molar-refractivity contribution in [2.75, 3.05) is 20.3 Å². The highest BCUT2D eigenvalue weighted by Gasteiger charge is 2.22. The monoisotopic (exact) mass is 261 g/mol. The Labute approximate surface area is 112 Å². The summed E-state index contributed by atoms with van der Waals surface area (Å²) in [7, 11) is 1.76. The second-order valence-electron chi connectivity index (χ2n) is 5.12. The number of aromatic nitrogens is 2. The quantitative estimate of drug-likeness (QED) is 0.841. The molecule has 0 bridgehead atoms. The first kappa shape index (κ1) is 12.4. The lowest BCUT2D eigenvalue weighted by Crippen LogP contribution is -2.29. The highest BCUT2D eigenvalue weighted by Crippen LogP contribution is 2.18. The SMILES string of the molecule is COCC1CN(Cc2ccoc2)Cc2nccn2C1. The van der Waals surface area contributed by atoms with E-state index in [2.05, 4.69) is 20.6 Å². The number of nitrogens with zero attached hydrogens (tertiary/aromatic N) is 3. The molecule has 0 N–H and O–H groups in total. The van der Waals surface area contributed by atoms with Gasteiger partial charge in [-0.2, -0.15) is 0 Å². The van der Waals surface area contributed by atoms with Crippen molar-refractivity contribution < 1.29 is 9.15 Å². The van der Waals surface area contributed by atoms with Crippen LogP contribution in [-0.4, -0.2) is 34.7 Å². The number of furan rings is 1. The fourth-order valence-corrected chi connectivity index (χ4v) is 2.73. The second kappa shape index (κ2) is 5.59. The third-order valence-electron chi connectivity index (χ3n) is 3.53. The zero-order chi connectivity index (χ0) is 13.1. The van der Waals surface area contributed by atoms with Crippen molar-refractivity contribution in [2.24, 2.45) is 5.92 Å². The molecule has 3 heterocycles. The molecule has 0 aliphatic carbocycles. The summed E-state index contributed by atoms with van der Waals surface area (Å²) in [4.78, 5) is 6.85. The summed E-state index contributed by atoms with van der Waals surface area (Å²) >= 11 is 0. The molecule has 0 fully saturated rings. The Morgan fingerprint density at radius 1 is 1.47 bits per heavy atom. The Kier molecular flexibility index (Phi) is 3.66. The lowest BCUT2D eigenvalue weighted by Gasteiger charge is -2.22. The molecule has 0 saturated heterocycles. The Hall–Kier alpha value is -1.59. The molecule has 3 rings (SSSR count). The summed E-state index contributed by atoms with van der Waals surface area (Å²) in [5.74, 6) is 1.62. The Morgan fingerprint density at radius 3 is 3.21 bits per heavy atom. The van der Waals surface area contributed by atoms with Gasteiger partial charge in [0.2, 0.25) is 0 Å². The van der Waals surface area contributed by atoms with Gasteiger partial charge in [-0.05, 0) is 6.07 Å². The number of ether oxygens (including phenoxy) is 1. The summed E-state index contributed by atoms with van der Waals surface area (Å²) in [6.07, 6.45) is 7.46. The fourth-order valence-electron chi connectivity index (χ4n) is 2.73. The number of imidazole rings is 1. The molecular weight excluding hydrogens is 242 g/mol. The average molecular weight is 261 g/mol. The van der Waals surface area contributed by atoms with E-state index in [-0.39, 0.29) is 0 Å². The van der Waals surface area contributed by atoms with E-state index in [1.165, 1.54) is 5.56 Å². The van der Waals surface area contributed by atoms with Crippen LogP contribution in [0, 0.1) is 5.92 Å². The molecule has 19 heavy (non-hydrogen) atoms. The maximum Gasteiger partial charge on any atom is 0.122 e. The van der Waals surface area contributed by atoms with E-state index in [1.54, 1.807) is 13.4 Å². The van der Waals surface area contributed by atoms with Gasteiger partial charge in [0.15, 0.2) is 0 Å². The van der Waals surface area contributed by atoms with Gasteiger partial charge < -0.3 is 13.7 Å². The maximum absolute atomic E-state index is 5.33. The fraction of sp³-hybridized carbons (Fsp3) is 0.500. The third kappa shape index (κ3) is 2.88. The van der Waals surface area contributed by atoms with E-state index >= 15 is 0 Å². The van der Waals surface area contributed by atoms with Gasteiger partial charge >= 0.3 is 0 Å². The largest absolute Gasteiger partial charge is 0.472 e. The van der Waals surface area contributed by atoms with Crippen LogP contribution in [0.15, 0.2) is 35.4 Å². The number of fused-ring (bicyclic) bond motifs is 1. The van der Waals surface area contributed by atoms with Crippen LogP contribution in [0.1, 0.15) is 11.4 Å². The van der Waals surface area contributed by atoms with Crippen LogP contribution in [0.5, 0.6) is 0 Å². The van der Waals surface area contributed by atoms with Gasteiger partial charge in [0, 0.05) is 50.6 Å². The number of hydrogen-bond donors (Lipinski definition) is 0. The van der Waals surface area contributed by atoms with E-state index in [0.717, 1.165) is 38.6 Å². The summed E-state index contributed by atoms with van der Waals surface area (Å²) < 4.78 is 12.7. The van der Waals surface area contributed by atoms with Gasteiger partial charge in [-0.3, -0.25) is 4.90 Å². The summed E-state index contributed by atoms with van der Waals surface area (Å²) in [5, 5.41) is 0. The summed E-state index contributed by atoms with van der Waals surface area (Å²) in [6, 6.07) is 2.02. The highest BCUT2D eigenvalue weighted by molar-refractivity contribution is 5.06. The van der Waals surface area contributed by atoms with Gasteiger partial charge in [0.25, 0.3) is 0 Å². The highest BCUT2D eigenvalue weighted by atomic mass is 16.5. The van der Waals surface area contributed by atoms with Crippen molar-refractivity contribution in [1.82, 2.24) is 14.5 Å². The molecule has 0 radical (unpaired) electrons. The van der Waals surface area contributed by atoms with Gasteiger partial charge in [0.1, 0.15) is 5.82 Å². The van der Waals surface area contributed by atoms with Crippen molar-refractivity contribution in [2.45, 2.75) is 19.6 Å². The van der Waals surface area contributed by atoms with Crippen LogP contribution in [0.25, 0.3) is 0 Å². The third-order valence-corrected chi connectivity index (χ3v) is 3.53. The van der Waals surface area contributed by atoms with Crippen LogP contribution < -0.4 is 0 Å². The summed E-state index contributed by atoms with van der Waals surface area (Å²) in [5.41, 5.74) is 1.20. The minimum Gasteiger partial charge on any atom is -0.472 e. The summed E-state index contributed by atoms with van der Waals surface area (Å²) in [6.45, 7) is 4.54. The molecule has 5 heteroatoms. The van der Waals surface area contributed by atoms with E-state index in [4.69, 9.17) is 9.15 Å². The zero-order valence-corrected chi connectivity index (χ0v) is 11.2. The Morgan fingerprint density at radius 2 is 2.42 bits per heavy atom. The van der Waals surface area contributed by atoms with Crippen LogP contribution >= 0.6 is 0 Å². The van der Waals surface area contributed by atoms with Crippen molar-refractivity contribution in [3.05, 3.63) is 42.4 Å². The zero-order valence-electron chi connectivity index (χ0n) is 11.2. The van der Waals surface area contributed by atoms with Crippen LogP contribution in [0.4, 0.5) is 0 Å². The topological polar surface area (TPSA) is 43.4 Å². The standard InChI is InChI=1S/C14H19N3O2/c1-18-10-13-7-16(6-12-2-5-19-11-12)9-14-15-3-4-17(14)8-13/h2-5,11,13H,6-10H2,1H3. The van der Waals surface area contributed by atoms with Crippen LogP contribution in [0.2, 0.25) is 0 Å². The van der Waals surface area contributed by atoms with Gasteiger partial charge in [-0.15, -0.1) is 0 Å². The molecule has 1 unspecified atom stereocenters. The molecule has 2 aromatic rings. The minimum atomic E-state index is 0.493. The van der Waals surface area contributed by atoms with Gasteiger partial charge in [-0.25, -0.2) is 4.98 Å². The molecule has 2 aromatic heterocycles. The average Bonchev–Trinajstić information content (AvgIpc) is 3.00. The first-order valence-electron chi connectivity index (χ1n) is 6.57. The Balaban J connectivity index is 1.76. The lowest BCUT2D eigenvalue weighted by molar-refractivity contribution is 0.115.